The van der Waals surface area contributed by atoms with Gasteiger partial charge in [0.1, 0.15) is 5.82 Å². The van der Waals surface area contributed by atoms with Crippen molar-refractivity contribution < 1.29 is 4.39 Å². The molecule has 0 unspecified atom stereocenters. The molecular formula is C15H14ClFS. The number of thiophene rings is 1. The molecule has 0 aliphatic heterocycles. The molecule has 0 saturated carbocycles. The minimum absolute atomic E-state index is 0.178. The van der Waals surface area contributed by atoms with Crippen molar-refractivity contribution >= 4 is 29.0 Å². The summed E-state index contributed by atoms with van der Waals surface area (Å²) in [6.45, 7) is 2.08. The van der Waals surface area contributed by atoms with Crippen molar-refractivity contribution in [3.8, 4) is 10.4 Å². The van der Waals surface area contributed by atoms with Gasteiger partial charge in [-0.05, 0) is 30.7 Å². The predicted octanol–water partition coefficient (Wildman–Crippen LogP) is 5.59. The zero-order valence-electron chi connectivity index (χ0n) is 10.1. The fourth-order valence-electron chi connectivity index (χ4n) is 1.67. The highest BCUT2D eigenvalue weighted by Crippen LogP contribution is 2.31. The molecule has 0 nitrogen and oxygen atoms in total. The number of benzene rings is 1. The van der Waals surface area contributed by atoms with Crippen LogP contribution in [0.25, 0.3) is 16.5 Å². The second-order valence-corrected chi connectivity index (χ2v) is 5.35. The highest BCUT2D eigenvalue weighted by Gasteiger charge is 2.06. The van der Waals surface area contributed by atoms with E-state index >= 15 is 0 Å². The van der Waals surface area contributed by atoms with Crippen LogP contribution in [0.15, 0.2) is 42.0 Å². The molecule has 0 radical (unpaired) electrons. The van der Waals surface area contributed by atoms with Gasteiger partial charge in [-0.1, -0.05) is 30.7 Å². The van der Waals surface area contributed by atoms with E-state index in [2.05, 4.69) is 13.0 Å². The molecule has 18 heavy (non-hydrogen) atoms. The fourth-order valence-corrected chi connectivity index (χ4v) is 2.97. The second kappa shape index (κ2) is 6.17. The Morgan fingerprint density at radius 3 is 2.72 bits per heavy atom. The summed E-state index contributed by atoms with van der Waals surface area (Å²) in [5.74, 6) is 0.367. The van der Waals surface area contributed by atoms with Crippen molar-refractivity contribution in [1.29, 1.82) is 0 Å². The van der Waals surface area contributed by atoms with Gasteiger partial charge in [0.15, 0.2) is 0 Å². The van der Waals surface area contributed by atoms with Gasteiger partial charge in [-0.25, -0.2) is 4.39 Å². The Bertz CT molecular complexity index is 551. The lowest BCUT2D eigenvalue weighted by Gasteiger charge is -1.98. The van der Waals surface area contributed by atoms with Crippen LogP contribution in [0.1, 0.15) is 18.2 Å². The summed E-state index contributed by atoms with van der Waals surface area (Å²) in [4.78, 5) is 2.06. The average molecular weight is 281 g/mol. The number of hydrogen-bond acceptors (Lipinski definition) is 1. The molecule has 94 valence electrons. The van der Waals surface area contributed by atoms with Crippen LogP contribution in [0.3, 0.4) is 0 Å². The normalized spacial score (nSPS) is 11.8. The van der Waals surface area contributed by atoms with Crippen molar-refractivity contribution in [2.24, 2.45) is 0 Å². The lowest BCUT2D eigenvalue weighted by Crippen LogP contribution is -1.80. The van der Waals surface area contributed by atoms with E-state index in [1.54, 1.807) is 23.5 Å². The molecule has 0 N–H and O–H groups in total. The topological polar surface area (TPSA) is 0 Å². The molecule has 3 heteroatoms. The van der Waals surface area contributed by atoms with E-state index in [-0.39, 0.29) is 5.82 Å². The van der Waals surface area contributed by atoms with Crippen LogP contribution >= 0.6 is 22.9 Å². The third-order valence-corrected chi connectivity index (χ3v) is 4.15. The minimum atomic E-state index is -0.178. The van der Waals surface area contributed by atoms with Gasteiger partial charge in [0, 0.05) is 21.2 Å². The Morgan fingerprint density at radius 1 is 1.28 bits per heavy atom. The first kappa shape index (κ1) is 13.3. The molecule has 0 amide bonds. The molecule has 0 fully saturated rings. The summed E-state index contributed by atoms with van der Waals surface area (Å²) in [5.41, 5.74) is 1.85. The van der Waals surface area contributed by atoms with Gasteiger partial charge in [0.05, 0.1) is 0 Å². The largest absolute Gasteiger partial charge is 0.206 e. The van der Waals surface area contributed by atoms with Crippen molar-refractivity contribution in [3.05, 3.63) is 52.7 Å². The van der Waals surface area contributed by atoms with Crippen LogP contribution in [-0.2, 0) is 0 Å². The van der Waals surface area contributed by atoms with E-state index in [0.717, 1.165) is 16.2 Å². The molecule has 0 atom stereocenters. The zero-order chi connectivity index (χ0) is 13.0. The monoisotopic (exact) mass is 280 g/mol. The first-order chi connectivity index (χ1) is 8.74. The molecule has 1 aromatic carbocycles. The van der Waals surface area contributed by atoms with Crippen LogP contribution in [0, 0.1) is 5.82 Å². The summed E-state index contributed by atoms with van der Waals surface area (Å²) in [6, 6.07) is 10.8. The van der Waals surface area contributed by atoms with Gasteiger partial charge in [0.2, 0.25) is 0 Å². The fraction of sp³-hybridized carbons (Fsp3) is 0.200. The lowest BCUT2D eigenvalue weighted by atomic mass is 10.2. The average Bonchev–Trinajstić information content (AvgIpc) is 2.85. The summed E-state index contributed by atoms with van der Waals surface area (Å²) in [6.07, 6.45) is 3.03. The Balaban J connectivity index is 2.32. The van der Waals surface area contributed by atoms with Gasteiger partial charge in [0.25, 0.3) is 0 Å². The molecule has 0 saturated heterocycles. The van der Waals surface area contributed by atoms with E-state index in [1.807, 2.05) is 18.2 Å². The first-order valence-corrected chi connectivity index (χ1v) is 7.20. The smallest absolute Gasteiger partial charge is 0.131 e. The molecule has 0 aliphatic carbocycles. The second-order valence-electron chi connectivity index (χ2n) is 3.97. The van der Waals surface area contributed by atoms with Crippen molar-refractivity contribution in [2.45, 2.75) is 13.3 Å². The van der Waals surface area contributed by atoms with Crippen molar-refractivity contribution in [1.82, 2.24) is 0 Å². The maximum Gasteiger partial charge on any atom is 0.131 e. The number of alkyl halides is 1. The Hall–Kier alpha value is -1.12. The summed E-state index contributed by atoms with van der Waals surface area (Å²) < 4.78 is 13.6. The van der Waals surface area contributed by atoms with Crippen LogP contribution in [0.4, 0.5) is 4.39 Å². The number of hydrogen-bond donors (Lipinski definition) is 0. The molecule has 0 spiro atoms. The minimum Gasteiger partial charge on any atom is -0.206 e. The third-order valence-electron chi connectivity index (χ3n) is 2.74. The van der Waals surface area contributed by atoms with Crippen LogP contribution in [-0.4, -0.2) is 5.88 Å². The molecule has 2 aromatic rings. The van der Waals surface area contributed by atoms with Gasteiger partial charge < -0.3 is 0 Å². The maximum atomic E-state index is 13.6. The van der Waals surface area contributed by atoms with Gasteiger partial charge in [-0.2, -0.15) is 0 Å². The van der Waals surface area contributed by atoms with Crippen LogP contribution < -0.4 is 0 Å². The first-order valence-electron chi connectivity index (χ1n) is 5.84. The number of rotatable bonds is 4. The van der Waals surface area contributed by atoms with E-state index in [1.165, 1.54) is 11.6 Å². The lowest BCUT2D eigenvalue weighted by molar-refractivity contribution is 0.631. The van der Waals surface area contributed by atoms with E-state index in [0.29, 0.717) is 11.4 Å². The molecule has 1 heterocycles. The van der Waals surface area contributed by atoms with Gasteiger partial charge in [-0.15, -0.1) is 22.9 Å². The SMILES string of the molecule is CCC(=Cc1ccc(-c2ccccc2F)s1)CCl. The van der Waals surface area contributed by atoms with Crippen LogP contribution in [0.5, 0.6) is 0 Å². The quantitative estimate of drug-likeness (QED) is 0.641. The highest BCUT2D eigenvalue weighted by atomic mass is 35.5. The van der Waals surface area contributed by atoms with Gasteiger partial charge >= 0.3 is 0 Å². The molecule has 0 bridgehead atoms. The Labute approximate surface area is 116 Å². The van der Waals surface area contributed by atoms with Crippen LogP contribution in [0.2, 0.25) is 0 Å². The third kappa shape index (κ3) is 3.01. The standard InChI is InChI=1S/C15H14ClFS/c1-2-11(10-16)9-12-7-8-15(18-12)13-5-3-4-6-14(13)17/h3-9H,2,10H2,1H3. The van der Waals surface area contributed by atoms with Crippen molar-refractivity contribution in [3.63, 3.8) is 0 Å². The molecule has 1 aromatic heterocycles. The molecule has 0 aliphatic rings. The summed E-state index contributed by atoms with van der Waals surface area (Å²) in [5, 5.41) is 0. The molecule has 2 rings (SSSR count). The van der Waals surface area contributed by atoms with E-state index in [4.69, 9.17) is 11.6 Å². The Kier molecular flexibility index (Phi) is 4.56. The van der Waals surface area contributed by atoms with Gasteiger partial charge in [-0.3, -0.25) is 0 Å². The highest BCUT2D eigenvalue weighted by molar-refractivity contribution is 7.16. The zero-order valence-corrected chi connectivity index (χ0v) is 11.7. The number of halogens is 2. The Morgan fingerprint density at radius 2 is 2.06 bits per heavy atom. The van der Waals surface area contributed by atoms with E-state index < -0.39 is 0 Å². The summed E-state index contributed by atoms with van der Waals surface area (Å²) >= 11 is 7.43. The van der Waals surface area contributed by atoms with Crippen molar-refractivity contribution in [2.75, 3.05) is 5.88 Å². The maximum absolute atomic E-state index is 13.6. The van der Waals surface area contributed by atoms with E-state index in [9.17, 15) is 4.39 Å². The number of allylic oxidation sites excluding steroid dienone is 1. The molecular weight excluding hydrogens is 267 g/mol. The predicted molar refractivity (Wildman–Crippen MR) is 78.7 cm³/mol. The summed E-state index contributed by atoms with van der Waals surface area (Å²) in [7, 11) is 0.